The molecule has 0 heterocycles. The Balaban J connectivity index is 2.87. The van der Waals surface area contributed by atoms with Gasteiger partial charge in [-0.25, -0.2) is 8.42 Å². The number of aliphatic hydroxyl groups is 1. The molecule has 0 amide bonds. The molecule has 0 saturated carbocycles. The van der Waals surface area contributed by atoms with Gasteiger partial charge in [0.05, 0.1) is 10.6 Å². The van der Waals surface area contributed by atoms with E-state index in [1.54, 1.807) is 12.1 Å². The van der Waals surface area contributed by atoms with Crippen LogP contribution in [0, 0.1) is 0 Å². The topological polar surface area (TPSA) is 80.4 Å². The molecule has 0 atom stereocenters. The van der Waals surface area contributed by atoms with Crippen LogP contribution in [0.4, 0.5) is 5.69 Å². The number of hydrogen-bond donors (Lipinski definition) is 2. The summed E-state index contributed by atoms with van der Waals surface area (Å²) >= 11 is 0. The standard InChI is InChI=1S/C9H13NO3S/c10-8-2-4-9(5-3-8)14(12,13)7-1-6-11/h2-5,11H,1,6-7,10H2. The first-order valence-electron chi connectivity index (χ1n) is 4.25. The van der Waals surface area contributed by atoms with Crippen LogP contribution in [0.2, 0.25) is 0 Å². The van der Waals surface area contributed by atoms with E-state index >= 15 is 0 Å². The van der Waals surface area contributed by atoms with Crippen molar-refractivity contribution in [1.29, 1.82) is 0 Å². The van der Waals surface area contributed by atoms with Crippen LogP contribution >= 0.6 is 0 Å². The lowest BCUT2D eigenvalue weighted by Gasteiger charge is -2.03. The fourth-order valence-corrected chi connectivity index (χ4v) is 2.34. The van der Waals surface area contributed by atoms with Crippen molar-refractivity contribution in [3.63, 3.8) is 0 Å². The molecule has 14 heavy (non-hydrogen) atoms. The zero-order valence-electron chi connectivity index (χ0n) is 7.68. The maximum atomic E-state index is 11.6. The minimum atomic E-state index is -3.25. The lowest BCUT2D eigenvalue weighted by molar-refractivity contribution is 0.295. The van der Waals surface area contributed by atoms with Crippen molar-refractivity contribution < 1.29 is 13.5 Å². The SMILES string of the molecule is Nc1ccc(S(=O)(=O)CCCO)cc1. The van der Waals surface area contributed by atoms with Gasteiger partial charge in [0.15, 0.2) is 9.84 Å². The molecular formula is C9H13NO3S. The van der Waals surface area contributed by atoms with Crippen molar-refractivity contribution in [2.75, 3.05) is 18.1 Å². The van der Waals surface area contributed by atoms with E-state index < -0.39 is 9.84 Å². The highest BCUT2D eigenvalue weighted by Gasteiger charge is 2.12. The van der Waals surface area contributed by atoms with Gasteiger partial charge < -0.3 is 10.8 Å². The minimum Gasteiger partial charge on any atom is -0.399 e. The predicted molar refractivity (Wildman–Crippen MR) is 54.6 cm³/mol. The first-order chi connectivity index (χ1) is 6.56. The number of nitrogen functional groups attached to an aromatic ring is 1. The summed E-state index contributed by atoms with van der Waals surface area (Å²) in [5.41, 5.74) is 5.97. The Morgan fingerprint density at radius 1 is 1.21 bits per heavy atom. The van der Waals surface area contributed by atoms with Crippen molar-refractivity contribution in [3.8, 4) is 0 Å². The van der Waals surface area contributed by atoms with Gasteiger partial charge in [-0.3, -0.25) is 0 Å². The van der Waals surface area contributed by atoms with Gasteiger partial charge in [0.25, 0.3) is 0 Å². The molecule has 0 radical (unpaired) electrons. The van der Waals surface area contributed by atoms with E-state index in [0.717, 1.165) is 0 Å². The molecular weight excluding hydrogens is 202 g/mol. The first-order valence-corrected chi connectivity index (χ1v) is 5.90. The summed E-state index contributed by atoms with van der Waals surface area (Å²) < 4.78 is 23.1. The lowest BCUT2D eigenvalue weighted by atomic mass is 10.3. The average Bonchev–Trinajstić information content (AvgIpc) is 2.16. The van der Waals surface area contributed by atoms with Gasteiger partial charge in [-0.2, -0.15) is 0 Å². The molecule has 0 spiro atoms. The van der Waals surface area contributed by atoms with E-state index in [0.29, 0.717) is 5.69 Å². The molecule has 5 heteroatoms. The normalized spacial score (nSPS) is 11.5. The predicted octanol–water partition coefficient (Wildman–Crippen LogP) is 0.425. The zero-order chi connectivity index (χ0) is 10.6. The summed E-state index contributed by atoms with van der Waals surface area (Å²) in [7, 11) is -3.25. The van der Waals surface area contributed by atoms with Gasteiger partial charge in [-0.05, 0) is 30.7 Å². The van der Waals surface area contributed by atoms with Crippen molar-refractivity contribution in [2.24, 2.45) is 0 Å². The third-order valence-electron chi connectivity index (χ3n) is 1.81. The van der Waals surface area contributed by atoms with Crippen molar-refractivity contribution in [2.45, 2.75) is 11.3 Å². The summed E-state index contributed by atoms with van der Waals surface area (Å²) in [4.78, 5) is 0.250. The van der Waals surface area contributed by atoms with Gasteiger partial charge in [-0.15, -0.1) is 0 Å². The van der Waals surface area contributed by atoms with Crippen molar-refractivity contribution in [3.05, 3.63) is 24.3 Å². The second-order valence-electron chi connectivity index (χ2n) is 2.97. The van der Waals surface area contributed by atoms with E-state index in [-0.39, 0.29) is 23.7 Å². The number of sulfone groups is 1. The van der Waals surface area contributed by atoms with E-state index in [9.17, 15) is 8.42 Å². The van der Waals surface area contributed by atoms with Crippen LogP contribution in [0.5, 0.6) is 0 Å². The average molecular weight is 215 g/mol. The molecule has 0 aromatic heterocycles. The Bertz CT molecular complexity index is 383. The van der Waals surface area contributed by atoms with E-state index in [1.165, 1.54) is 12.1 Å². The highest BCUT2D eigenvalue weighted by Crippen LogP contribution is 2.13. The minimum absolute atomic E-state index is 0.0343. The molecule has 1 aromatic carbocycles. The quantitative estimate of drug-likeness (QED) is 0.713. The number of rotatable bonds is 4. The summed E-state index contributed by atoms with van der Waals surface area (Å²) in [6.45, 7) is -0.117. The van der Waals surface area contributed by atoms with E-state index in [2.05, 4.69) is 0 Å². The number of nitrogens with two attached hydrogens (primary N) is 1. The summed E-state index contributed by atoms with van der Waals surface area (Å²) in [5, 5.41) is 8.54. The molecule has 1 rings (SSSR count). The second kappa shape index (κ2) is 4.43. The molecule has 0 aliphatic heterocycles. The van der Waals surface area contributed by atoms with Gasteiger partial charge in [-0.1, -0.05) is 0 Å². The maximum absolute atomic E-state index is 11.6. The monoisotopic (exact) mass is 215 g/mol. The lowest BCUT2D eigenvalue weighted by Crippen LogP contribution is -2.08. The maximum Gasteiger partial charge on any atom is 0.178 e. The first kappa shape index (κ1) is 11.0. The van der Waals surface area contributed by atoms with Crippen LogP contribution in [0.15, 0.2) is 29.2 Å². The van der Waals surface area contributed by atoms with Gasteiger partial charge in [0.1, 0.15) is 0 Å². The molecule has 0 fully saturated rings. The molecule has 78 valence electrons. The Labute approximate surface area is 83.3 Å². The Morgan fingerprint density at radius 3 is 2.29 bits per heavy atom. The van der Waals surface area contributed by atoms with Crippen LogP contribution in [-0.4, -0.2) is 25.9 Å². The zero-order valence-corrected chi connectivity index (χ0v) is 8.50. The largest absolute Gasteiger partial charge is 0.399 e. The highest BCUT2D eigenvalue weighted by atomic mass is 32.2. The Hall–Kier alpha value is -1.07. The molecule has 4 nitrogen and oxygen atoms in total. The highest BCUT2D eigenvalue weighted by molar-refractivity contribution is 7.91. The molecule has 0 unspecified atom stereocenters. The molecule has 1 aromatic rings. The summed E-state index contributed by atoms with van der Waals surface area (Å²) in [6, 6.07) is 6.04. The molecule has 0 aliphatic carbocycles. The van der Waals surface area contributed by atoms with E-state index in [1.807, 2.05) is 0 Å². The Kier molecular flexibility index (Phi) is 3.49. The molecule has 0 saturated heterocycles. The third kappa shape index (κ3) is 2.71. The van der Waals surface area contributed by atoms with Crippen LogP contribution in [0.1, 0.15) is 6.42 Å². The molecule has 0 bridgehead atoms. The van der Waals surface area contributed by atoms with E-state index in [4.69, 9.17) is 10.8 Å². The smallest absolute Gasteiger partial charge is 0.178 e. The van der Waals surface area contributed by atoms with Crippen molar-refractivity contribution >= 4 is 15.5 Å². The molecule has 3 N–H and O–H groups in total. The number of benzene rings is 1. The fraction of sp³-hybridized carbons (Fsp3) is 0.333. The molecule has 0 aliphatic rings. The second-order valence-corrected chi connectivity index (χ2v) is 5.07. The van der Waals surface area contributed by atoms with Crippen LogP contribution in [0.3, 0.4) is 0 Å². The number of anilines is 1. The van der Waals surface area contributed by atoms with Gasteiger partial charge >= 0.3 is 0 Å². The van der Waals surface area contributed by atoms with Gasteiger partial charge in [0.2, 0.25) is 0 Å². The summed E-state index contributed by atoms with van der Waals surface area (Å²) in [5.74, 6) is -0.0343. The van der Waals surface area contributed by atoms with Crippen LogP contribution in [0.25, 0.3) is 0 Å². The van der Waals surface area contributed by atoms with Crippen molar-refractivity contribution in [1.82, 2.24) is 0 Å². The number of hydrogen-bond acceptors (Lipinski definition) is 4. The number of aliphatic hydroxyl groups excluding tert-OH is 1. The fourth-order valence-electron chi connectivity index (χ4n) is 1.05. The van der Waals surface area contributed by atoms with Crippen LogP contribution in [-0.2, 0) is 9.84 Å². The Morgan fingerprint density at radius 2 is 1.79 bits per heavy atom. The summed E-state index contributed by atoms with van der Waals surface area (Å²) in [6.07, 6.45) is 0.257. The van der Waals surface area contributed by atoms with Crippen LogP contribution < -0.4 is 5.73 Å². The third-order valence-corrected chi connectivity index (χ3v) is 3.63. The van der Waals surface area contributed by atoms with Gasteiger partial charge in [0, 0.05) is 12.3 Å².